The number of guanidine groups is 1. The Balaban J connectivity index is 1.76. The number of nitrogens with one attached hydrogen (secondary N) is 2. The van der Waals surface area contributed by atoms with Gasteiger partial charge in [-0.25, -0.2) is 0 Å². The van der Waals surface area contributed by atoms with E-state index in [9.17, 15) is 0 Å². The molecule has 0 spiro atoms. The largest absolute Gasteiger partial charge is 0.383 e. The van der Waals surface area contributed by atoms with Gasteiger partial charge in [-0.15, -0.1) is 0 Å². The Labute approximate surface area is 167 Å². The first-order valence-corrected chi connectivity index (χ1v) is 9.92. The van der Waals surface area contributed by atoms with Crippen molar-refractivity contribution >= 4 is 29.2 Å². The lowest BCUT2D eigenvalue weighted by molar-refractivity contribution is 0.121. The van der Waals surface area contributed by atoms with Crippen LogP contribution in [0.3, 0.4) is 0 Å². The molecule has 146 valence electrons. The second-order valence-electron chi connectivity index (χ2n) is 6.77. The summed E-state index contributed by atoms with van der Waals surface area (Å²) in [6.07, 6.45) is 2.41. The molecule has 2 N–H and O–H groups in total. The fourth-order valence-electron chi connectivity index (χ4n) is 3.14. The monoisotopic (exact) mass is 400 g/mol. The summed E-state index contributed by atoms with van der Waals surface area (Å²) in [5, 5.41) is 8.02. The number of piperidine rings is 1. The van der Waals surface area contributed by atoms with E-state index < -0.39 is 0 Å². The van der Waals surface area contributed by atoms with Crippen LogP contribution < -0.4 is 10.6 Å². The SMILES string of the molecule is CN=C(NCC1CCN(CCOC)CC1)NC(C)c1ccc(Cl)c(Cl)c1. The summed E-state index contributed by atoms with van der Waals surface area (Å²) in [6, 6.07) is 5.79. The number of likely N-dealkylation sites (tertiary alicyclic amines) is 1. The predicted octanol–water partition coefficient (Wildman–Crippen LogP) is 3.58. The fourth-order valence-corrected chi connectivity index (χ4v) is 3.45. The van der Waals surface area contributed by atoms with E-state index in [1.54, 1.807) is 14.2 Å². The maximum atomic E-state index is 6.12. The normalized spacial score (nSPS) is 18.0. The van der Waals surface area contributed by atoms with Crippen molar-refractivity contribution in [2.24, 2.45) is 10.9 Å². The van der Waals surface area contributed by atoms with Crippen LogP contribution in [0.1, 0.15) is 31.4 Å². The Morgan fingerprint density at radius 2 is 2.04 bits per heavy atom. The molecular formula is C19H30Cl2N4O. The highest BCUT2D eigenvalue weighted by atomic mass is 35.5. The minimum Gasteiger partial charge on any atom is -0.383 e. The lowest BCUT2D eigenvalue weighted by Crippen LogP contribution is -2.43. The van der Waals surface area contributed by atoms with E-state index in [0.717, 1.165) is 44.3 Å². The molecular weight excluding hydrogens is 371 g/mol. The van der Waals surface area contributed by atoms with Crippen LogP contribution in [0.5, 0.6) is 0 Å². The molecule has 2 rings (SSSR count). The fraction of sp³-hybridized carbons (Fsp3) is 0.632. The molecule has 1 fully saturated rings. The van der Waals surface area contributed by atoms with Crippen molar-refractivity contribution in [2.45, 2.75) is 25.8 Å². The zero-order valence-corrected chi connectivity index (χ0v) is 17.4. The van der Waals surface area contributed by atoms with Crippen molar-refractivity contribution < 1.29 is 4.74 Å². The summed E-state index contributed by atoms with van der Waals surface area (Å²) in [5.41, 5.74) is 1.08. The maximum Gasteiger partial charge on any atom is 0.191 e. The molecule has 1 aromatic carbocycles. The quantitative estimate of drug-likeness (QED) is 0.542. The van der Waals surface area contributed by atoms with Crippen molar-refractivity contribution in [3.8, 4) is 0 Å². The summed E-state index contributed by atoms with van der Waals surface area (Å²) in [4.78, 5) is 6.81. The first-order chi connectivity index (χ1) is 12.5. The zero-order valence-electron chi connectivity index (χ0n) is 15.9. The molecule has 1 unspecified atom stereocenters. The van der Waals surface area contributed by atoms with Gasteiger partial charge in [-0.3, -0.25) is 4.99 Å². The average Bonchev–Trinajstić information content (AvgIpc) is 2.66. The van der Waals surface area contributed by atoms with E-state index >= 15 is 0 Å². The molecule has 1 aliphatic heterocycles. The van der Waals surface area contributed by atoms with Crippen LogP contribution in [-0.2, 0) is 4.74 Å². The van der Waals surface area contributed by atoms with Gasteiger partial charge < -0.3 is 20.3 Å². The van der Waals surface area contributed by atoms with Crippen LogP contribution in [-0.4, -0.2) is 57.8 Å². The van der Waals surface area contributed by atoms with Gasteiger partial charge in [0.1, 0.15) is 0 Å². The predicted molar refractivity (Wildman–Crippen MR) is 110 cm³/mol. The minimum atomic E-state index is 0.0897. The molecule has 1 atom stereocenters. The second kappa shape index (κ2) is 11.0. The van der Waals surface area contributed by atoms with E-state index in [1.807, 2.05) is 18.2 Å². The molecule has 1 saturated heterocycles. The van der Waals surface area contributed by atoms with Gasteiger partial charge in [0.25, 0.3) is 0 Å². The van der Waals surface area contributed by atoms with Gasteiger partial charge in [0.05, 0.1) is 22.7 Å². The lowest BCUT2D eigenvalue weighted by Gasteiger charge is -2.32. The topological polar surface area (TPSA) is 48.9 Å². The lowest BCUT2D eigenvalue weighted by atomic mass is 9.97. The molecule has 1 heterocycles. The molecule has 0 amide bonds. The first-order valence-electron chi connectivity index (χ1n) is 9.17. The number of nitrogens with zero attached hydrogens (tertiary/aromatic N) is 2. The highest BCUT2D eigenvalue weighted by Gasteiger charge is 2.19. The third-order valence-corrected chi connectivity index (χ3v) is 5.64. The van der Waals surface area contributed by atoms with Crippen LogP contribution >= 0.6 is 23.2 Å². The Bertz CT molecular complexity index is 589. The number of aliphatic imine (C=N–C) groups is 1. The number of hydrogen-bond acceptors (Lipinski definition) is 3. The Morgan fingerprint density at radius 1 is 1.31 bits per heavy atom. The molecule has 0 aromatic heterocycles. The number of benzene rings is 1. The molecule has 26 heavy (non-hydrogen) atoms. The van der Waals surface area contributed by atoms with Crippen molar-refractivity contribution in [1.82, 2.24) is 15.5 Å². The van der Waals surface area contributed by atoms with Gasteiger partial charge in [-0.2, -0.15) is 0 Å². The van der Waals surface area contributed by atoms with Gasteiger partial charge >= 0.3 is 0 Å². The third kappa shape index (κ3) is 6.62. The van der Waals surface area contributed by atoms with Crippen molar-refractivity contribution in [1.29, 1.82) is 0 Å². The molecule has 5 nitrogen and oxygen atoms in total. The highest BCUT2D eigenvalue weighted by molar-refractivity contribution is 6.42. The number of rotatable bonds is 7. The van der Waals surface area contributed by atoms with Crippen molar-refractivity contribution in [2.75, 3.05) is 46.9 Å². The Kier molecular flexibility index (Phi) is 8.99. The summed E-state index contributed by atoms with van der Waals surface area (Å²) in [6.45, 7) is 7.14. The van der Waals surface area contributed by atoms with Crippen molar-refractivity contribution in [3.63, 3.8) is 0 Å². The third-order valence-electron chi connectivity index (χ3n) is 4.90. The van der Waals surface area contributed by atoms with E-state index in [0.29, 0.717) is 16.0 Å². The van der Waals surface area contributed by atoms with Gasteiger partial charge in [0, 0.05) is 27.2 Å². The minimum absolute atomic E-state index is 0.0897. The number of halogens is 2. The number of methoxy groups -OCH3 is 1. The molecule has 7 heteroatoms. The van der Waals surface area contributed by atoms with E-state index in [2.05, 4.69) is 27.4 Å². The molecule has 0 aliphatic carbocycles. The standard InChI is InChI=1S/C19H30Cl2N4O/c1-14(16-4-5-17(20)18(21)12-16)24-19(22-2)23-13-15-6-8-25(9-7-15)10-11-26-3/h4-5,12,14-15H,6-11,13H2,1-3H3,(H2,22,23,24). The Morgan fingerprint density at radius 3 is 2.65 bits per heavy atom. The van der Waals surface area contributed by atoms with Gasteiger partial charge in [0.15, 0.2) is 5.96 Å². The van der Waals surface area contributed by atoms with Gasteiger partial charge in [-0.05, 0) is 56.5 Å². The second-order valence-corrected chi connectivity index (χ2v) is 7.58. The molecule has 0 saturated carbocycles. The number of ether oxygens (including phenoxy) is 1. The van der Waals surface area contributed by atoms with Crippen LogP contribution in [0, 0.1) is 5.92 Å². The zero-order chi connectivity index (χ0) is 18.9. The molecule has 0 bridgehead atoms. The van der Waals surface area contributed by atoms with Crippen LogP contribution in [0.25, 0.3) is 0 Å². The summed E-state index contributed by atoms with van der Waals surface area (Å²) in [7, 11) is 3.55. The van der Waals surface area contributed by atoms with Gasteiger partial charge in [-0.1, -0.05) is 29.3 Å². The van der Waals surface area contributed by atoms with E-state index in [4.69, 9.17) is 27.9 Å². The highest BCUT2D eigenvalue weighted by Crippen LogP contribution is 2.25. The van der Waals surface area contributed by atoms with Crippen molar-refractivity contribution in [3.05, 3.63) is 33.8 Å². The van der Waals surface area contributed by atoms with Crippen LogP contribution in [0.15, 0.2) is 23.2 Å². The number of hydrogen-bond donors (Lipinski definition) is 2. The average molecular weight is 401 g/mol. The van der Waals surface area contributed by atoms with E-state index in [1.165, 1.54) is 12.8 Å². The first kappa shape index (κ1) is 21.3. The van der Waals surface area contributed by atoms with Gasteiger partial charge in [0.2, 0.25) is 0 Å². The Hall–Kier alpha value is -1.01. The molecule has 1 aliphatic rings. The smallest absolute Gasteiger partial charge is 0.191 e. The maximum absolute atomic E-state index is 6.12. The summed E-state index contributed by atoms with van der Waals surface area (Å²) < 4.78 is 5.16. The summed E-state index contributed by atoms with van der Waals surface area (Å²) in [5.74, 6) is 1.48. The van der Waals surface area contributed by atoms with Crippen LogP contribution in [0.2, 0.25) is 10.0 Å². The van der Waals surface area contributed by atoms with Crippen LogP contribution in [0.4, 0.5) is 0 Å². The molecule has 1 aromatic rings. The summed E-state index contributed by atoms with van der Waals surface area (Å²) >= 11 is 12.1. The molecule has 0 radical (unpaired) electrons. The van der Waals surface area contributed by atoms with E-state index in [-0.39, 0.29) is 6.04 Å².